The number of hydrogen-bond donors (Lipinski definition) is 5. The SMILES string of the molecule is CCC(OCC(=O)C(C[C@@H]1CCNC1=O)NC(=O)C(CC(C)C)NC(=O)c1cc2c(OC)cccc2[nH]1)OC(=O)O. The van der Waals surface area contributed by atoms with E-state index in [2.05, 4.69) is 25.7 Å². The van der Waals surface area contributed by atoms with Crippen LogP contribution in [0.4, 0.5) is 4.79 Å². The Kier molecular flexibility index (Phi) is 11.1. The van der Waals surface area contributed by atoms with E-state index in [-0.39, 0.29) is 36.8 Å². The minimum atomic E-state index is -1.54. The van der Waals surface area contributed by atoms with Crippen molar-refractivity contribution in [3.05, 3.63) is 30.0 Å². The lowest BCUT2D eigenvalue weighted by molar-refractivity contribution is -0.147. The van der Waals surface area contributed by atoms with Gasteiger partial charge in [0.15, 0.2) is 5.78 Å². The predicted molar refractivity (Wildman–Crippen MR) is 147 cm³/mol. The van der Waals surface area contributed by atoms with Gasteiger partial charge in [0.1, 0.15) is 24.1 Å². The summed E-state index contributed by atoms with van der Waals surface area (Å²) < 4.78 is 15.3. The highest BCUT2D eigenvalue weighted by atomic mass is 16.8. The van der Waals surface area contributed by atoms with Crippen molar-refractivity contribution in [1.82, 2.24) is 20.9 Å². The average molecular weight is 575 g/mol. The van der Waals surface area contributed by atoms with E-state index in [1.165, 1.54) is 7.11 Å². The van der Waals surface area contributed by atoms with Crippen molar-refractivity contribution in [3.63, 3.8) is 0 Å². The van der Waals surface area contributed by atoms with Crippen molar-refractivity contribution >= 4 is 40.6 Å². The first-order chi connectivity index (χ1) is 19.5. The summed E-state index contributed by atoms with van der Waals surface area (Å²) in [4.78, 5) is 65.9. The summed E-state index contributed by atoms with van der Waals surface area (Å²) in [7, 11) is 1.53. The normalized spacial score (nSPS) is 17.0. The molecule has 3 amide bonds. The minimum Gasteiger partial charge on any atom is -0.496 e. The lowest BCUT2D eigenvalue weighted by Crippen LogP contribution is -2.53. The Balaban J connectivity index is 1.76. The molecule has 13 heteroatoms. The molecule has 5 N–H and O–H groups in total. The molecule has 1 aromatic carbocycles. The van der Waals surface area contributed by atoms with Crippen molar-refractivity contribution in [3.8, 4) is 5.75 Å². The van der Waals surface area contributed by atoms with Crippen molar-refractivity contribution < 1.29 is 43.3 Å². The van der Waals surface area contributed by atoms with E-state index in [9.17, 15) is 24.0 Å². The van der Waals surface area contributed by atoms with Gasteiger partial charge >= 0.3 is 6.16 Å². The van der Waals surface area contributed by atoms with E-state index >= 15 is 0 Å². The van der Waals surface area contributed by atoms with Crippen LogP contribution in [0.1, 0.15) is 56.9 Å². The number of nitrogens with one attached hydrogen (secondary N) is 4. The molecule has 224 valence electrons. The number of H-pyrrole nitrogens is 1. The Morgan fingerprint density at radius 3 is 2.51 bits per heavy atom. The fourth-order valence-electron chi connectivity index (χ4n) is 4.69. The maximum Gasteiger partial charge on any atom is 0.508 e. The maximum absolute atomic E-state index is 13.5. The van der Waals surface area contributed by atoms with Gasteiger partial charge in [0.2, 0.25) is 18.1 Å². The zero-order chi connectivity index (χ0) is 30.1. The van der Waals surface area contributed by atoms with E-state index in [1.807, 2.05) is 13.8 Å². The molecule has 41 heavy (non-hydrogen) atoms. The van der Waals surface area contributed by atoms with Crippen LogP contribution in [0.3, 0.4) is 0 Å². The number of carbonyl (C=O) groups excluding carboxylic acids is 4. The molecule has 1 aromatic heterocycles. The number of carbonyl (C=O) groups is 5. The first kappa shape index (κ1) is 31.4. The molecular weight excluding hydrogens is 536 g/mol. The van der Waals surface area contributed by atoms with Gasteiger partial charge < -0.3 is 40.3 Å². The first-order valence-corrected chi connectivity index (χ1v) is 13.6. The van der Waals surface area contributed by atoms with Gasteiger partial charge in [0.05, 0.1) is 13.2 Å². The molecule has 0 aliphatic carbocycles. The second-order valence-electron chi connectivity index (χ2n) is 10.3. The van der Waals surface area contributed by atoms with Crippen LogP contribution in [0.15, 0.2) is 24.3 Å². The third-order valence-electron chi connectivity index (χ3n) is 6.78. The Hall–Kier alpha value is -4.13. The largest absolute Gasteiger partial charge is 0.508 e. The van der Waals surface area contributed by atoms with E-state index in [0.29, 0.717) is 29.6 Å². The molecule has 1 aliphatic heterocycles. The van der Waals surface area contributed by atoms with Crippen LogP contribution in [0, 0.1) is 11.8 Å². The summed E-state index contributed by atoms with van der Waals surface area (Å²) in [6.07, 6.45) is -1.73. The van der Waals surface area contributed by atoms with Gasteiger partial charge in [-0.05, 0) is 43.4 Å². The average Bonchev–Trinajstić information content (AvgIpc) is 3.55. The van der Waals surface area contributed by atoms with Gasteiger partial charge in [-0.15, -0.1) is 0 Å². The molecule has 4 atom stereocenters. The quantitative estimate of drug-likeness (QED) is 0.157. The highest BCUT2D eigenvalue weighted by Gasteiger charge is 2.34. The smallest absolute Gasteiger partial charge is 0.496 e. The highest BCUT2D eigenvalue weighted by molar-refractivity contribution is 6.02. The number of hydrogen-bond acceptors (Lipinski definition) is 8. The van der Waals surface area contributed by atoms with E-state index in [4.69, 9.17) is 14.6 Å². The van der Waals surface area contributed by atoms with E-state index in [1.54, 1.807) is 31.2 Å². The molecule has 1 fully saturated rings. The summed E-state index contributed by atoms with van der Waals surface area (Å²) in [6.45, 7) is 5.34. The monoisotopic (exact) mass is 574 g/mol. The van der Waals surface area contributed by atoms with Crippen LogP contribution in [0.25, 0.3) is 10.9 Å². The van der Waals surface area contributed by atoms with Gasteiger partial charge in [-0.2, -0.15) is 0 Å². The zero-order valence-electron chi connectivity index (χ0n) is 23.7. The molecule has 0 saturated carbocycles. The van der Waals surface area contributed by atoms with Crippen LogP contribution >= 0.6 is 0 Å². The van der Waals surface area contributed by atoms with Crippen LogP contribution in [-0.4, -0.2) is 78.4 Å². The third kappa shape index (κ3) is 8.68. The van der Waals surface area contributed by atoms with Crippen molar-refractivity contribution in [1.29, 1.82) is 0 Å². The number of benzene rings is 1. The van der Waals surface area contributed by atoms with Crippen molar-refractivity contribution in [2.45, 2.75) is 64.8 Å². The summed E-state index contributed by atoms with van der Waals surface area (Å²) in [5.74, 6) is -1.77. The highest BCUT2D eigenvalue weighted by Crippen LogP contribution is 2.26. The number of ketones is 1. The number of rotatable bonds is 15. The number of ether oxygens (including phenoxy) is 3. The van der Waals surface area contributed by atoms with E-state index in [0.717, 1.165) is 0 Å². The van der Waals surface area contributed by atoms with Gasteiger partial charge in [-0.3, -0.25) is 19.2 Å². The topological polar surface area (TPSA) is 185 Å². The molecule has 1 saturated heterocycles. The summed E-state index contributed by atoms with van der Waals surface area (Å²) in [5, 5.41) is 17.7. The Bertz CT molecular complexity index is 1260. The minimum absolute atomic E-state index is 0.0189. The molecule has 3 unspecified atom stereocenters. The summed E-state index contributed by atoms with van der Waals surface area (Å²) in [6, 6.07) is 4.91. The number of aromatic amines is 1. The molecule has 2 heterocycles. The second-order valence-corrected chi connectivity index (χ2v) is 10.3. The molecule has 0 spiro atoms. The molecule has 0 bridgehead atoms. The number of fused-ring (bicyclic) bond motifs is 1. The first-order valence-electron chi connectivity index (χ1n) is 13.6. The number of aromatic nitrogens is 1. The molecular formula is C28H38N4O9. The van der Waals surface area contributed by atoms with Crippen molar-refractivity contribution in [2.75, 3.05) is 20.3 Å². The molecule has 1 aliphatic rings. The lowest BCUT2D eigenvalue weighted by atomic mass is 9.95. The van der Waals surface area contributed by atoms with Crippen LogP contribution in [0.2, 0.25) is 0 Å². The number of methoxy groups -OCH3 is 1. The zero-order valence-corrected chi connectivity index (χ0v) is 23.7. The summed E-state index contributed by atoms with van der Waals surface area (Å²) in [5.41, 5.74) is 0.927. The Morgan fingerprint density at radius 2 is 1.90 bits per heavy atom. The van der Waals surface area contributed by atoms with Gasteiger partial charge in [0.25, 0.3) is 5.91 Å². The fraction of sp³-hybridized carbons (Fsp3) is 0.536. The van der Waals surface area contributed by atoms with Crippen LogP contribution < -0.4 is 20.7 Å². The van der Waals surface area contributed by atoms with Crippen LogP contribution in [-0.2, 0) is 23.9 Å². The Morgan fingerprint density at radius 1 is 1.15 bits per heavy atom. The fourth-order valence-corrected chi connectivity index (χ4v) is 4.69. The summed E-state index contributed by atoms with van der Waals surface area (Å²) >= 11 is 0. The van der Waals surface area contributed by atoms with Gasteiger partial charge in [-0.25, -0.2) is 4.79 Å². The van der Waals surface area contributed by atoms with E-state index < -0.39 is 54.7 Å². The standard InChI is InChI=1S/C28H38N4O9/c1-5-24(41-28(37)38)40-14-22(33)19(12-16-9-10-29-25(16)34)31-26(35)20(11-15(2)3)32-27(36)21-13-17-18(30-21)7-6-8-23(17)39-4/h6-8,13,15-16,19-20,24,30H,5,9-12,14H2,1-4H3,(H,29,34)(H,31,35)(H,32,36)(H,37,38)/t16-,19?,20?,24?/m0/s1. The van der Waals surface area contributed by atoms with Gasteiger partial charge in [-0.1, -0.05) is 26.8 Å². The number of Topliss-reactive ketones (excluding diaryl/α,β-unsaturated/α-hetero) is 1. The Labute approximate surface area is 237 Å². The van der Waals surface area contributed by atoms with Crippen molar-refractivity contribution in [2.24, 2.45) is 11.8 Å². The maximum atomic E-state index is 13.5. The second kappa shape index (κ2) is 14.5. The van der Waals surface area contributed by atoms with Crippen LogP contribution in [0.5, 0.6) is 5.75 Å². The molecule has 3 rings (SSSR count). The number of carboxylic acid groups (broad SMARTS) is 1. The molecule has 0 radical (unpaired) electrons. The number of amides is 3. The molecule has 13 nitrogen and oxygen atoms in total. The lowest BCUT2D eigenvalue weighted by Gasteiger charge is -2.25. The third-order valence-corrected chi connectivity index (χ3v) is 6.78. The molecule has 2 aromatic rings. The van der Waals surface area contributed by atoms with Gasteiger partial charge in [0, 0.05) is 29.8 Å². The predicted octanol–water partition coefficient (Wildman–Crippen LogP) is 2.35.